The van der Waals surface area contributed by atoms with Gasteiger partial charge in [0.1, 0.15) is 0 Å². The van der Waals surface area contributed by atoms with Crippen LogP contribution in [0.5, 0.6) is 0 Å². The van der Waals surface area contributed by atoms with Crippen LogP contribution in [0.2, 0.25) is 0 Å². The number of hydrogen-bond donors (Lipinski definition) is 2. The van der Waals surface area contributed by atoms with Crippen molar-refractivity contribution in [3.63, 3.8) is 0 Å². The van der Waals surface area contributed by atoms with Crippen LogP contribution in [0.25, 0.3) is 0 Å². The van der Waals surface area contributed by atoms with E-state index in [-0.39, 0.29) is 6.42 Å². The van der Waals surface area contributed by atoms with E-state index >= 15 is 0 Å². The molecule has 1 heterocycles. The molecule has 54 valence electrons. The van der Waals surface area contributed by atoms with Crippen LogP contribution in [0, 0.1) is 0 Å². The van der Waals surface area contributed by atoms with E-state index < -0.39 is 5.97 Å². The topological polar surface area (TPSA) is 63.3 Å². The van der Waals surface area contributed by atoms with Gasteiger partial charge in [-0.2, -0.15) is 0 Å². The number of aliphatic carboxylic acids is 1. The molecule has 0 atom stereocenters. The Hall–Kier alpha value is -1.03. The lowest BCUT2D eigenvalue weighted by atomic mass is 10.3. The zero-order valence-electron chi connectivity index (χ0n) is 5.20. The molecule has 1 rings (SSSR count). The normalized spacial score (nSPS) is 9.60. The average Bonchev–Trinajstić information content (AvgIpc) is 2.13. The van der Waals surface area contributed by atoms with E-state index in [0.717, 1.165) is 4.88 Å². The molecule has 0 unspecified atom stereocenters. The molecule has 0 aliphatic heterocycles. The van der Waals surface area contributed by atoms with E-state index in [4.69, 9.17) is 10.8 Å². The van der Waals surface area contributed by atoms with Gasteiger partial charge in [-0.3, -0.25) is 4.79 Å². The fraction of sp³-hybridized carbons (Fsp3) is 0.167. The third-order valence-corrected chi connectivity index (χ3v) is 1.95. The summed E-state index contributed by atoms with van der Waals surface area (Å²) >= 11 is 1.37. The Morgan fingerprint density at radius 3 is 2.90 bits per heavy atom. The lowest BCUT2D eigenvalue weighted by Gasteiger charge is -1.85. The monoisotopic (exact) mass is 157 g/mol. The van der Waals surface area contributed by atoms with Gasteiger partial charge in [0.15, 0.2) is 0 Å². The number of anilines is 1. The zero-order valence-corrected chi connectivity index (χ0v) is 6.02. The van der Waals surface area contributed by atoms with Crippen LogP contribution in [-0.2, 0) is 11.2 Å². The first-order chi connectivity index (χ1) is 4.68. The standard InChI is InChI=1S/C6H7NO2S/c7-4-1-5(10-3-4)2-6(8)9/h1,3H,2,7H2,(H,8,9). The fourth-order valence-electron chi connectivity index (χ4n) is 0.639. The Labute approximate surface area is 62.1 Å². The van der Waals surface area contributed by atoms with Crippen molar-refractivity contribution in [2.45, 2.75) is 6.42 Å². The highest BCUT2D eigenvalue weighted by molar-refractivity contribution is 7.10. The Kier molecular flexibility index (Phi) is 1.91. The van der Waals surface area contributed by atoms with Crippen molar-refractivity contribution in [1.29, 1.82) is 0 Å². The lowest BCUT2D eigenvalue weighted by Crippen LogP contribution is -1.97. The first-order valence-corrected chi connectivity index (χ1v) is 3.61. The van der Waals surface area contributed by atoms with Gasteiger partial charge >= 0.3 is 5.97 Å². The summed E-state index contributed by atoms with van der Waals surface area (Å²) in [5.74, 6) is -0.818. The van der Waals surface area contributed by atoms with Crippen LogP contribution in [0.1, 0.15) is 4.88 Å². The summed E-state index contributed by atoms with van der Waals surface area (Å²) in [7, 11) is 0. The third-order valence-electron chi connectivity index (χ3n) is 0.999. The van der Waals surface area contributed by atoms with Crippen molar-refractivity contribution in [3.8, 4) is 0 Å². The number of rotatable bonds is 2. The van der Waals surface area contributed by atoms with Crippen molar-refractivity contribution in [2.24, 2.45) is 0 Å². The molecule has 3 nitrogen and oxygen atoms in total. The van der Waals surface area contributed by atoms with Gasteiger partial charge in [0.05, 0.1) is 6.42 Å². The summed E-state index contributed by atoms with van der Waals surface area (Å²) in [5, 5.41) is 10.1. The average molecular weight is 157 g/mol. The van der Waals surface area contributed by atoms with E-state index in [2.05, 4.69) is 0 Å². The molecule has 1 aromatic heterocycles. The summed E-state index contributed by atoms with van der Waals surface area (Å²) in [5.41, 5.74) is 6.01. The highest BCUT2D eigenvalue weighted by atomic mass is 32.1. The third kappa shape index (κ3) is 1.73. The molecule has 0 aliphatic carbocycles. The zero-order chi connectivity index (χ0) is 7.56. The number of thiophene rings is 1. The van der Waals surface area contributed by atoms with Crippen molar-refractivity contribution in [2.75, 3.05) is 5.73 Å². The first kappa shape index (κ1) is 7.08. The summed E-state index contributed by atoms with van der Waals surface area (Å²) in [6.07, 6.45) is 0.0713. The van der Waals surface area contributed by atoms with E-state index in [1.165, 1.54) is 11.3 Å². The molecule has 0 fully saturated rings. The van der Waals surface area contributed by atoms with Crippen LogP contribution in [0.15, 0.2) is 11.4 Å². The second-order valence-electron chi connectivity index (χ2n) is 1.92. The van der Waals surface area contributed by atoms with Crippen molar-refractivity contribution >= 4 is 23.0 Å². The molecule has 0 spiro atoms. The number of nitrogens with two attached hydrogens (primary N) is 1. The quantitative estimate of drug-likeness (QED) is 0.672. The van der Waals surface area contributed by atoms with Crippen LogP contribution >= 0.6 is 11.3 Å². The number of carboxylic acid groups (broad SMARTS) is 1. The maximum absolute atomic E-state index is 10.1. The van der Waals surface area contributed by atoms with Gasteiger partial charge in [-0.15, -0.1) is 11.3 Å². The van der Waals surface area contributed by atoms with Gasteiger partial charge in [0.2, 0.25) is 0 Å². The van der Waals surface area contributed by atoms with Gasteiger partial charge in [0, 0.05) is 15.9 Å². The van der Waals surface area contributed by atoms with Crippen molar-refractivity contribution in [3.05, 3.63) is 16.3 Å². The van der Waals surface area contributed by atoms with Gasteiger partial charge in [0.25, 0.3) is 0 Å². The smallest absolute Gasteiger partial charge is 0.308 e. The van der Waals surface area contributed by atoms with Gasteiger partial charge < -0.3 is 10.8 Å². The maximum atomic E-state index is 10.1. The summed E-state index contributed by atoms with van der Waals surface area (Å²) in [6.45, 7) is 0. The molecule has 3 N–H and O–H groups in total. The maximum Gasteiger partial charge on any atom is 0.308 e. The minimum absolute atomic E-state index is 0.0713. The van der Waals surface area contributed by atoms with Crippen molar-refractivity contribution < 1.29 is 9.90 Å². The SMILES string of the molecule is Nc1csc(CC(=O)O)c1. The molecule has 0 bridgehead atoms. The van der Waals surface area contributed by atoms with E-state index in [1.54, 1.807) is 11.4 Å². The molecule has 0 radical (unpaired) electrons. The Morgan fingerprint density at radius 2 is 2.50 bits per heavy atom. The Morgan fingerprint density at radius 1 is 1.80 bits per heavy atom. The summed E-state index contributed by atoms with van der Waals surface area (Å²) in [6, 6.07) is 1.68. The molecule has 0 saturated carbocycles. The highest BCUT2D eigenvalue weighted by Gasteiger charge is 2.01. The van der Waals surface area contributed by atoms with Gasteiger partial charge in [-0.1, -0.05) is 0 Å². The molecule has 0 aliphatic rings. The number of hydrogen-bond acceptors (Lipinski definition) is 3. The minimum atomic E-state index is -0.818. The Bertz CT molecular complexity index is 244. The van der Waals surface area contributed by atoms with Gasteiger partial charge in [-0.05, 0) is 6.07 Å². The molecule has 0 amide bonds. The number of carbonyl (C=O) groups is 1. The molecule has 10 heavy (non-hydrogen) atoms. The first-order valence-electron chi connectivity index (χ1n) is 2.73. The minimum Gasteiger partial charge on any atom is -0.481 e. The molecule has 4 heteroatoms. The number of carboxylic acids is 1. The van der Waals surface area contributed by atoms with Crippen LogP contribution < -0.4 is 5.73 Å². The van der Waals surface area contributed by atoms with E-state index in [1.807, 2.05) is 0 Å². The molecule has 1 aromatic rings. The number of nitrogen functional groups attached to an aromatic ring is 1. The second kappa shape index (κ2) is 2.70. The molecule has 0 aromatic carbocycles. The van der Waals surface area contributed by atoms with Crippen LogP contribution in [0.3, 0.4) is 0 Å². The van der Waals surface area contributed by atoms with Crippen LogP contribution in [0.4, 0.5) is 5.69 Å². The second-order valence-corrected chi connectivity index (χ2v) is 2.91. The predicted octanol–water partition coefficient (Wildman–Crippen LogP) is 0.957. The van der Waals surface area contributed by atoms with Crippen LogP contribution in [-0.4, -0.2) is 11.1 Å². The van der Waals surface area contributed by atoms with Gasteiger partial charge in [-0.25, -0.2) is 0 Å². The van der Waals surface area contributed by atoms with E-state index in [9.17, 15) is 4.79 Å². The summed E-state index contributed by atoms with van der Waals surface area (Å²) < 4.78 is 0. The lowest BCUT2D eigenvalue weighted by molar-refractivity contribution is -0.136. The molecular weight excluding hydrogens is 150 g/mol. The molecule has 0 saturated heterocycles. The van der Waals surface area contributed by atoms with Crippen molar-refractivity contribution in [1.82, 2.24) is 0 Å². The molecular formula is C6H7NO2S. The van der Waals surface area contributed by atoms with E-state index in [0.29, 0.717) is 5.69 Å². The predicted molar refractivity (Wildman–Crippen MR) is 40.1 cm³/mol. The Balaban J connectivity index is 2.67. The fourth-order valence-corrected chi connectivity index (χ4v) is 1.41. The largest absolute Gasteiger partial charge is 0.481 e. The highest BCUT2D eigenvalue weighted by Crippen LogP contribution is 2.16. The summed E-state index contributed by atoms with van der Waals surface area (Å²) in [4.78, 5) is 10.9.